The van der Waals surface area contributed by atoms with E-state index >= 15 is 0 Å². The monoisotopic (exact) mass is 196 g/mol. The zero-order chi connectivity index (χ0) is 10.0. The van der Waals surface area contributed by atoms with Crippen molar-refractivity contribution in [1.29, 1.82) is 0 Å². The maximum absolute atomic E-state index is 5.72. The quantitative estimate of drug-likeness (QED) is 0.729. The van der Waals surface area contributed by atoms with Crippen molar-refractivity contribution in [3.8, 4) is 0 Å². The van der Waals surface area contributed by atoms with Crippen LogP contribution < -0.4 is 5.73 Å². The van der Waals surface area contributed by atoms with Crippen LogP contribution in [0.2, 0.25) is 0 Å². The highest BCUT2D eigenvalue weighted by atomic mass is 16.5. The lowest BCUT2D eigenvalue weighted by molar-refractivity contribution is -0.0758. The average molecular weight is 196 g/mol. The van der Waals surface area contributed by atoms with Crippen LogP contribution in [-0.4, -0.2) is 21.8 Å². The number of rotatable bonds is 2. The van der Waals surface area contributed by atoms with Gasteiger partial charge < -0.3 is 10.5 Å². The zero-order valence-corrected chi connectivity index (χ0v) is 8.42. The Morgan fingerprint density at radius 2 is 2.43 bits per heavy atom. The number of aromatic nitrogens is 3. The summed E-state index contributed by atoms with van der Waals surface area (Å²) in [6.07, 6.45) is 3.28. The van der Waals surface area contributed by atoms with Crippen LogP contribution >= 0.6 is 0 Å². The van der Waals surface area contributed by atoms with Crippen molar-refractivity contribution in [2.45, 2.75) is 38.3 Å². The van der Waals surface area contributed by atoms with Crippen LogP contribution in [0, 0.1) is 0 Å². The molecule has 78 valence electrons. The molecule has 1 aromatic rings. The van der Waals surface area contributed by atoms with E-state index in [1.165, 1.54) is 6.42 Å². The Kier molecular flexibility index (Phi) is 2.52. The first-order chi connectivity index (χ1) is 6.74. The number of ether oxygens (including phenoxy) is 1. The largest absolute Gasteiger partial charge is 0.367 e. The van der Waals surface area contributed by atoms with Crippen LogP contribution in [-0.2, 0) is 16.9 Å². The van der Waals surface area contributed by atoms with Crippen molar-refractivity contribution in [2.24, 2.45) is 5.73 Å². The molecule has 3 N–H and O–H groups in total. The van der Waals surface area contributed by atoms with Gasteiger partial charge in [-0.1, -0.05) is 0 Å². The molecule has 1 atom stereocenters. The Morgan fingerprint density at radius 3 is 3.00 bits per heavy atom. The molecule has 14 heavy (non-hydrogen) atoms. The van der Waals surface area contributed by atoms with Crippen LogP contribution in [0.25, 0.3) is 0 Å². The molecule has 0 aromatic carbocycles. The summed E-state index contributed by atoms with van der Waals surface area (Å²) in [4.78, 5) is 4.31. The number of H-pyrrole nitrogens is 1. The summed E-state index contributed by atoms with van der Waals surface area (Å²) in [5.41, 5.74) is 5.14. The lowest BCUT2D eigenvalue weighted by Crippen LogP contribution is -2.31. The van der Waals surface area contributed by atoms with E-state index in [0.717, 1.165) is 31.1 Å². The van der Waals surface area contributed by atoms with E-state index in [4.69, 9.17) is 10.5 Å². The molecule has 0 bridgehead atoms. The first-order valence-corrected chi connectivity index (χ1v) is 5.00. The van der Waals surface area contributed by atoms with E-state index in [2.05, 4.69) is 15.2 Å². The van der Waals surface area contributed by atoms with Crippen molar-refractivity contribution in [1.82, 2.24) is 15.2 Å². The van der Waals surface area contributed by atoms with Crippen molar-refractivity contribution in [2.75, 3.05) is 6.61 Å². The maximum Gasteiger partial charge on any atom is 0.182 e. The Bertz CT molecular complexity index is 304. The second-order valence-corrected chi connectivity index (χ2v) is 3.85. The summed E-state index contributed by atoms with van der Waals surface area (Å²) in [6, 6.07) is 0. The highest BCUT2D eigenvalue weighted by molar-refractivity contribution is 5.02. The minimum Gasteiger partial charge on any atom is -0.367 e. The van der Waals surface area contributed by atoms with Gasteiger partial charge in [0.25, 0.3) is 0 Å². The third kappa shape index (κ3) is 1.65. The Balaban J connectivity index is 2.19. The van der Waals surface area contributed by atoms with Crippen LogP contribution in [0.3, 0.4) is 0 Å². The van der Waals surface area contributed by atoms with Crippen molar-refractivity contribution < 1.29 is 4.74 Å². The first-order valence-electron chi connectivity index (χ1n) is 5.00. The first kappa shape index (κ1) is 9.61. The molecule has 1 aliphatic heterocycles. The minimum absolute atomic E-state index is 0.317. The van der Waals surface area contributed by atoms with Crippen LogP contribution in [0.1, 0.15) is 37.8 Å². The molecule has 0 aliphatic carbocycles. The van der Waals surface area contributed by atoms with Gasteiger partial charge >= 0.3 is 0 Å². The van der Waals surface area contributed by atoms with Crippen LogP contribution in [0.5, 0.6) is 0 Å². The van der Waals surface area contributed by atoms with Gasteiger partial charge in [-0.2, -0.15) is 5.10 Å². The fourth-order valence-corrected chi connectivity index (χ4v) is 1.73. The average Bonchev–Trinajstić information content (AvgIpc) is 2.67. The summed E-state index contributed by atoms with van der Waals surface area (Å²) in [6.45, 7) is 3.22. The molecule has 2 rings (SSSR count). The van der Waals surface area contributed by atoms with Gasteiger partial charge in [0.05, 0.1) is 6.54 Å². The molecule has 0 amide bonds. The highest BCUT2D eigenvalue weighted by Gasteiger charge is 2.33. The smallest absolute Gasteiger partial charge is 0.182 e. The van der Waals surface area contributed by atoms with E-state index in [1.807, 2.05) is 6.92 Å². The van der Waals surface area contributed by atoms with Crippen LogP contribution in [0.15, 0.2) is 0 Å². The Labute approximate surface area is 83.1 Å². The number of hydrogen-bond acceptors (Lipinski definition) is 4. The standard InChI is InChI=1S/C9H16N4O/c1-9(4-2-3-5-14-9)8-11-7(6-10)12-13-8/h2-6,10H2,1H3,(H,11,12,13). The molecular weight excluding hydrogens is 180 g/mol. The van der Waals surface area contributed by atoms with Gasteiger partial charge in [-0.25, -0.2) is 4.98 Å². The number of nitrogens with zero attached hydrogens (tertiary/aromatic N) is 2. The van der Waals surface area contributed by atoms with Gasteiger partial charge in [0.15, 0.2) is 5.82 Å². The summed E-state index contributed by atoms with van der Waals surface area (Å²) >= 11 is 0. The third-order valence-corrected chi connectivity index (χ3v) is 2.67. The number of aromatic amines is 1. The fourth-order valence-electron chi connectivity index (χ4n) is 1.73. The van der Waals surface area contributed by atoms with Crippen molar-refractivity contribution in [3.63, 3.8) is 0 Å². The molecule has 5 heteroatoms. The van der Waals surface area contributed by atoms with Gasteiger partial charge in [-0.05, 0) is 26.2 Å². The predicted octanol–water partition coefficient (Wildman–Crippen LogP) is 0.679. The van der Waals surface area contributed by atoms with Gasteiger partial charge in [-0.15, -0.1) is 0 Å². The highest BCUT2D eigenvalue weighted by Crippen LogP contribution is 2.32. The van der Waals surface area contributed by atoms with Crippen molar-refractivity contribution in [3.05, 3.63) is 11.6 Å². The van der Waals surface area contributed by atoms with Gasteiger partial charge in [0, 0.05) is 6.61 Å². The topological polar surface area (TPSA) is 76.8 Å². The molecule has 1 saturated heterocycles. The van der Waals surface area contributed by atoms with Gasteiger partial charge in [0.1, 0.15) is 11.4 Å². The minimum atomic E-state index is -0.317. The fraction of sp³-hybridized carbons (Fsp3) is 0.778. The SMILES string of the molecule is CC1(c2n[nH]c(CN)n2)CCCCO1. The van der Waals surface area contributed by atoms with E-state index in [9.17, 15) is 0 Å². The van der Waals surface area contributed by atoms with E-state index in [0.29, 0.717) is 6.54 Å². The Morgan fingerprint density at radius 1 is 1.57 bits per heavy atom. The molecule has 1 unspecified atom stereocenters. The Hall–Kier alpha value is -0.940. The number of nitrogens with two attached hydrogens (primary N) is 1. The number of nitrogens with one attached hydrogen (secondary N) is 1. The zero-order valence-electron chi connectivity index (χ0n) is 8.42. The molecule has 2 heterocycles. The second-order valence-electron chi connectivity index (χ2n) is 3.85. The van der Waals surface area contributed by atoms with E-state index in [-0.39, 0.29) is 5.60 Å². The summed E-state index contributed by atoms with van der Waals surface area (Å²) in [5.74, 6) is 1.45. The molecular formula is C9H16N4O. The predicted molar refractivity (Wildman–Crippen MR) is 51.4 cm³/mol. The molecule has 1 aliphatic rings. The molecule has 1 fully saturated rings. The van der Waals surface area contributed by atoms with Crippen molar-refractivity contribution >= 4 is 0 Å². The third-order valence-electron chi connectivity index (χ3n) is 2.67. The van der Waals surface area contributed by atoms with Gasteiger partial charge in [-0.3, -0.25) is 5.10 Å². The second kappa shape index (κ2) is 3.67. The maximum atomic E-state index is 5.72. The molecule has 0 spiro atoms. The molecule has 1 aromatic heterocycles. The lowest BCUT2D eigenvalue weighted by atomic mass is 9.95. The molecule has 5 nitrogen and oxygen atoms in total. The summed E-state index contributed by atoms with van der Waals surface area (Å²) in [7, 11) is 0. The summed E-state index contributed by atoms with van der Waals surface area (Å²) in [5, 5.41) is 6.95. The number of hydrogen-bond donors (Lipinski definition) is 2. The molecule has 0 saturated carbocycles. The van der Waals surface area contributed by atoms with Gasteiger partial charge in [0.2, 0.25) is 0 Å². The van der Waals surface area contributed by atoms with Crippen LogP contribution in [0.4, 0.5) is 0 Å². The lowest BCUT2D eigenvalue weighted by Gasteiger charge is -2.30. The van der Waals surface area contributed by atoms with E-state index in [1.54, 1.807) is 0 Å². The molecule has 0 radical (unpaired) electrons. The normalized spacial score (nSPS) is 27.9. The van der Waals surface area contributed by atoms with E-state index < -0.39 is 0 Å². The summed E-state index contributed by atoms with van der Waals surface area (Å²) < 4.78 is 5.72.